The van der Waals surface area contributed by atoms with Gasteiger partial charge in [0.25, 0.3) is 0 Å². The van der Waals surface area contributed by atoms with E-state index in [0.717, 1.165) is 20.5 Å². The van der Waals surface area contributed by atoms with E-state index in [9.17, 15) is 5.11 Å². The number of aromatic hydroxyl groups is 1. The molecule has 0 saturated heterocycles. The maximum Gasteiger partial charge on any atom is 0.134 e. The average molecular weight is 221 g/mol. The van der Waals surface area contributed by atoms with Gasteiger partial charge in [-0.1, -0.05) is 0 Å². The monoisotopic (exact) mass is 221 g/mol. The summed E-state index contributed by atoms with van der Waals surface area (Å²) in [6.07, 6.45) is 0.278. The van der Waals surface area contributed by atoms with E-state index < -0.39 is 0 Å². The lowest BCUT2D eigenvalue weighted by molar-refractivity contribution is 0.483. The Morgan fingerprint density at radius 1 is 1.50 bits per heavy atom. The van der Waals surface area contributed by atoms with E-state index in [0.29, 0.717) is 0 Å². The second-order valence-corrected chi connectivity index (χ2v) is 4.29. The normalized spacial score (nSPS) is 10.3. The van der Waals surface area contributed by atoms with Crippen molar-refractivity contribution in [2.75, 3.05) is 0 Å². The minimum Gasteiger partial charge on any atom is -0.506 e. The van der Waals surface area contributed by atoms with Crippen LogP contribution >= 0.6 is 24.0 Å². The highest BCUT2D eigenvalue weighted by Gasteiger charge is 2.10. The molecule has 2 aromatic rings. The summed E-state index contributed by atoms with van der Waals surface area (Å²) < 4.78 is 0.991. The number of rotatable bonds is 1. The minimum absolute atomic E-state index is 0.242. The number of fused-ring (bicyclic) bond motifs is 1. The van der Waals surface area contributed by atoms with E-state index >= 15 is 0 Å². The number of benzene rings is 1. The van der Waals surface area contributed by atoms with E-state index in [4.69, 9.17) is 5.26 Å². The van der Waals surface area contributed by atoms with Gasteiger partial charge in [-0.05, 0) is 17.7 Å². The van der Waals surface area contributed by atoms with Gasteiger partial charge in [0.2, 0.25) is 0 Å². The van der Waals surface area contributed by atoms with Crippen molar-refractivity contribution in [3.63, 3.8) is 0 Å². The first kappa shape index (κ1) is 9.38. The Bertz CT molecular complexity index is 525. The van der Waals surface area contributed by atoms with Crippen molar-refractivity contribution in [1.82, 2.24) is 0 Å². The predicted molar refractivity (Wildman–Crippen MR) is 60.1 cm³/mol. The second-order valence-electron chi connectivity index (χ2n) is 2.89. The summed E-state index contributed by atoms with van der Waals surface area (Å²) >= 11 is 5.74. The van der Waals surface area contributed by atoms with Crippen LogP contribution in [0.4, 0.5) is 0 Å². The van der Waals surface area contributed by atoms with Crippen LogP contribution < -0.4 is 0 Å². The highest BCUT2D eigenvalue weighted by molar-refractivity contribution is 7.80. The highest BCUT2D eigenvalue weighted by Crippen LogP contribution is 2.36. The molecule has 1 aromatic heterocycles. The Hall–Kier alpha value is -1.18. The van der Waals surface area contributed by atoms with Crippen LogP contribution in [0.15, 0.2) is 22.4 Å². The number of nitriles is 1. The van der Waals surface area contributed by atoms with Gasteiger partial charge in [-0.2, -0.15) is 5.26 Å². The van der Waals surface area contributed by atoms with Crippen LogP contribution in [0.5, 0.6) is 5.75 Å². The summed E-state index contributed by atoms with van der Waals surface area (Å²) in [6.45, 7) is 0. The van der Waals surface area contributed by atoms with Crippen LogP contribution in [-0.2, 0) is 6.42 Å². The lowest BCUT2D eigenvalue weighted by Gasteiger charge is -2.02. The van der Waals surface area contributed by atoms with Crippen molar-refractivity contribution >= 4 is 34.1 Å². The maximum atomic E-state index is 9.61. The zero-order valence-corrected chi connectivity index (χ0v) is 8.90. The molecule has 1 heterocycles. The number of hydrogen-bond donors (Lipinski definition) is 2. The summed E-state index contributed by atoms with van der Waals surface area (Å²) in [5.74, 6) is 0.242. The number of thiol groups is 1. The molecule has 0 unspecified atom stereocenters. The molecule has 1 aromatic carbocycles. The largest absolute Gasteiger partial charge is 0.506 e. The molecule has 2 rings (SSSR count). The molecular weight excluding hydrogens is 214 g/mol. The first-order valence-corrected chi connectivity index (χ1v) is 5.34. The lowest BCUT2D eigenvalue weighted by Crippen LogP contribution is -1.85. The Balaban J connectivity index is 2.81. The third-order valence-corrected chi connectivity index (χ3v) is 3.41. The molecule has 4 heteroatoms. The minimum atomic E-state index is 0.242. The van der Waals surface area contributed by atoms with E-state index in [1.165, 1.54) is 11.3 Å². The average Bonchev–Trinajstić information content (AvgIpc) is 2.53. The number of hydrogen-bond acceptors (Lipinski definition) is 4. The third kappa shape index (κ3) is 1.35. The number of thiophene rings is 1. The van der Waals surface area contributed by atoms with Gasteiger partial charge in [0, 0.05) is 20.4 Å². The fourth-order valence-corrected chi connectivity index (χ4v) is 2.54. The molecule has 0 amide bonds. The highest BCUT2D eigenvalue weighted by atomic mass is 32.1. The van der Waals surface area contributed by atoms with Gasteiger partial charge in [0.15, 0.2) is 0 Å². The molecule has 0 aliphatic carbocycles. The molecule has 14 heavy (non-hydrogen) atoms. The molecule has 70 valence electrons. The summed E-state index contributed by atoms with van der Waals surface area (Å²) in [7, 11) is 0. The Morgan fingerprint density at radius 3 is 3.00 bits per heavy atom. The van der Waals surface area contributed by atoms with E-state index in [1.807, 2.05) is 12.1 Å². The molecule has 2 nitrogen and oxygen atoms in total. The quantitative estimate of drug-likeness (QED) is 0.727. The molecule has 0 atom stereocenters. The van der Waals surface area contributed by atoms with Crippen LogP contribution in [0.1, 0.15) is 5.56 Å². The van der Waals surface area contributed by atoms with Crippen molar-refractivity contribution in [3.8, 4) is 11.8 Å². The van der Waals surface area contributed by atoms with Gasteiger partial charge in [-0.25, -0.2) is 0 Å². The smallest absolute Gasteiger partial charge is 0.134 e. The molecule has 0 aliphatic heterocycles. The Kier molecular flexibility index (Phi) is 2.36. The van der Waals surface area contributed by atoms with Crippen molar-refractivity contribution in [3.05, 3.63) is 23.1 Å². The molecule has 0 saturated carbocycles. The first-order valence-electron chi connectivity index (χ1n) is 4.02. The molecule has 0 fully saturated rings. The van der Waals surface area contributed by atoms with Crippen LogP contribution in [-0.4, -0.2) is 5.11 Å². The number of nitrogens with zero attached hydrogens (tertiary/aromatic N) is 1. The predicted octanol–water partition coefficient (Wildman–Crippen LogP) is 2.96. The Labute approximate surface area is 90.8 Å². The van der Waals surface area contributed by atoms with Crippen LogP contribution in [0.25, 0.3) is 10.1 Å². The van der Waals surface area contributed by atoms with Gasteiger partial charge < -0.3 is 5.11 Å². The fourth-order valence-electron chi connectivity index (χ4n) is 1.43. The van der Waals surface area contributed by atoms with Crippen LogP contribution in [0.3, 0.4) is 0 Å². The third-order valence-electron chi connectivity index (χ3n) is 2.06. The van der Waals surface area contributed by atoms with Crippen molar-refractivity contribution in [2.24, 2.45) is 0 Å². The summed E-state index contributed by atoms with van der Waals surface area (Å²) in [5.41, 5.74) is 0.812. The van der Waals surface area contributed by atoms with E-state index in [1.54, 1.807) is 5.38 Å². The molecule has 0 radical (unpaired) electrons. The maximum absolute atomic E-state index is 9.61. The second kappa shape index (κ2) is 3.52. The van der Waals surface area contributed by atoms with Crippen molar-refractivity contribution in [1.29, 1.82) is 5.26 Å². The summed E-state index contributed by atoms with van der Waals surface area (Å²) in [6, 6.07) is 5.84. The van der Waals surface area contributed by atoms with E-state index in [-0.39, 0.29) is 12.2 Å². The van der Waals surface area contributed by atoms with Crippen LogP contribution in [0.2, 0.25) is 0 Å². The van der Waals surface area contributed by atoms with Gasteiger partial charge in [-0.15, -0.1) is 24.0 Å². The Morgan fingerprint density at radius 2 is 2.29 bits per heavy atom. The fraction of sp³-hybridized carbons (Fsp3) is 0.100. The topological polar surface area (TPSA) is 44.0 Å². The van der Waals surface area contributed by atoms with Gasteiger partial charge >= 0.3 is 0 Å². The molecule has 0 spiro atoms. The van der Waals surface area contributed by atoms with Gasteiger partial charge in [0.05, 0.1) is 12.5 Å². The molecule has 1 N–H and O–H groups in total. The molecule has 0 bridgehead atoms. The standard InChI is InChI=1S/C10H7NOS2/c11-4-3-6-8(13)1-2-9-10(6)7(12)5-14-9/h1-2,5,12-13H,3H2. The van der Waals surface area contributed by atoms with Crippen LogP contribution in [0, 0.1) is 11.3 Å². The van der Waals surface area contributed by atoms with Crippen molar-refractivity contribution in [2.45, 2.75) is 11.3 Å². The zero-order valence-electron chi connectivity index (χ0n) is 7.19. The summed E-state index contributed by atoms with van der Waals surface area (Å²) in [5, 5.41) is 20.7. The lowest BCUT2D eigenvalue weighted by atomic mass is 10.1. The van der Waals surface area contributed by atoms with E-state index in [2.05, 4.69) is 18.7 Å². The SMILES string of the molecule is N#CCc1c(S)ccc2scc(O)c12. The summed E-state index contributed by atoms with van der Waals surface area (Å²) in [4.78, 5) is 0.757. The van der Waals surface area contributed by atoms with Crippen molar-refractivity contribution < 1.29 is 5.11 Å². The van der Waals surface area contributed by atoms with Gasteiger partial charge in [0.1, 0.15) is 5.75 Å². The first-order chi connectivity index (χ1) is 6.74. The van der Waals surface area contributed by atoms with Gasteiger partial charge in [-0.3, -0.25) is 0 Å². The molecule has 0 aliphatic rings. The molecular formula is C10H7NOS2. The zero-order chi connectivity index (χ0) is 10.1.